The molecule has 0 aliphatic rings. The maximum atomic E-state index is 9.36. The van der Waals surface area contributed by atoms with Crippen molar-refractivity contribution < 1.29 is 19.7 Å². The molecule has 0 aromatic carbocycles. The van der Waals surface area contributed by atoms with Crippen molar-refractivity contribution in [2.75, 3.05) is 14.2 Å². The quantitative estimate of drug-likeness (QED) is 0.578. The molecular weight excluding hydrogens is 148 g/mol. The zero-order valence-corrected chi connectivity index (χ0v) is 7.42. The van der Waals surface area contributed by atoms with Crippen LogP contribution in [0.1, 0.15) is 20.3 Å². The third-order valence-electron chi connectivity index (χ3n) is 1.29. The Bertz CT molecular complexity index is 112. The molecule has 0 unspecified atom stereocenters. The van der Waals surface area contributed by atoms with E-state index in [0.29, 0.717) is 0 Å². The van der Waals surface area contributed by atoms with Gasteiger partial charge in [-0.25, -0.2) is 0 Å². The molecule has 4 heteroatoms. The van der Waals surface area contributed by atoms with Crippen molar-refractivity contribution in [3.8, 4) is 0 Å². The van der Waals surface area contributed by atoms with E-state index in [2.05, 4.69) is 9.47 Å². The lowest BCUT2D eigenvalue weighted by atomic mass is 10.0. The van der Waals surface area contributed by atoms with Gasteiger partial charge < -0.3 is 19.7 Å². The lowest BCUT2D eigenvalue weighted by molar-refractivity contribution is -0.354. The fourth-order valence-corrected chi connectivity index (χ4v) is 0.774. The summed E-state index contributed by atoms with van der Waals surface area (Å²) in [6.45, 7) is 3.13. The minimum atomic E-state index is -1.68. The molecule has 0 spiro atoms. The van der Waals surface area contributed by atoms with Crippen LogP contribution in [0, 0.1) is 0 Å². The summed E-state index contributed by atoms with van der Waals surface area (Å²) in [6, 6.07) is 0. The van der Waals surface area contributed by atoms with Gasteiger partial charge in [0.1, 0.15) is 0 Å². The van der Waals surface area contributed by atoms with Gasteiger partial charge in [-0.1, -0.05) is 0 Å². The van der Waals surface area contributed by atoms with Crippen molar-refractivity contribution in [3.05, 3.63) is 0 Å². The number of hydrogen-bond acceptors (Lipinski definition) is 4. The summed E-state index contributed by atoms with van der Waals surface area (Å²) < 4.78 is 9.27. The summed E-state index contributed by atoms with van der Waals surface area (Å²) in [4.78, 5) is 0. The van der Waals surface area contributed by atoms with Gasteiger partial charge in [-0.15, -0.1) is 0 Å². The highest BCUT2D eigenvalue weighted by molar-refractivity contribution is 4.70. The molecule has 0 saturated heterocycles. The minimum Gasteiger partial charge on any atom is -0.390 e. The number of methoxy groups -OCH3 is 2. The van der Waals surface area contributed by atoms with Crippen molar-refractivity contribution >= 4 is 0 Å². The topological polar surface area (TPSA) is 58.9 Å². The Kier molecular flexibility index (Phi) is 3.44. The van der Waals surface area contributed by atoms with E-state index in [1.807, 2.05) is 0 Å². The molecule has 0 aromatic heterocycles. The van der Waals surface area contributed by atoms with Crippen LogP contribution in [0.3, 0.4) is 0 Å². The van der Waals surface area contributed by atoms with Crippen molar-refractivity contribution in [2.24, 2.45) is 0 Å². The standard InChI is InChI=1S/C7H16O4/c1-6(2,8)5-7(9,10-3)11-4/h8-9H,5H2,1-4H3. The third-order valence-corrected chi connectivity index (χ3v) is 1.29. The Labute approximate surface area is 66.7 Å². The van der Waals surface area contributed by atoms with Crippen molar-refractivity contribution in [3.63, 3.8) is 0 Å². The van der Waals surface area contributed by atoms with Gasteiger partial charge in [-0.3, -0.25) is 0 Å². The molecule has 0 radical (unpaired) electrons. The molecule has 0 aromatic rings. The van der Waals surface area contributed by atoms with Gasteiger partial charge in [0, 0.05) is 14.2 Å². The summed E-state index contributed by atoms with van der Waals surface area (Å²) in [5.74, 6) is -1.68. The average Bonchev–Trinajstić information content (AvgIpc) is 1.84. The molecule has 0 heterocycles. The molecule has 11 heavy (non-hydrogen) atoms. The summed E-state index contributed by atoms with van der Waals surface area (Å²) in [5.41, 5.74) is -1.01. The fraction of sp³-hybridized carbons (Fsp3) is 1.00. The average molecular weight is 164 g/mol. The van der Waals surface area contributed by atoms with Gasteiger partial charge >= 0.3 is 0 Å². The third kappa shape index (κ3) is 4.31. The molecule has 0 amide bonds. The maximum absolute atomic E-state index is 9.36. The van der Waals surface area contributed by atoms with E-state index in [4.69, 9.17) is 0 Å². The van der Waals surface area contributed by atoms with Crippen LogP contribution in [-0.2, 0) is 9.47 Å². The van der Waals surface area contributed by atoms with Crippen LogP contribution in [0.25, 0.3) is 0 Å². The van der Waals surface area contributed by atoms with E-state index in [1.54, 1.807) is 13.8 Å². The molecule has 0 rings (SSSR count). The SMILES string of the molecule is COC(O)(CC(C)(C)O)OC. The van der Waals surface area contributed by atoms with E-state index in [9.17, 15) is 10.2 Å². The first-order valence-electron chi connectivity index (χ1n) is 3.38. The van der Waals surface area contributed by atoms with E-state index in [-0.39, 0.29) is 6.42 Å². The van der Waals surface area contributed by atoms with E-state index in [1.165, 1.54) is 14.2 Å². The predicted molar refractivity (Wildman–Crippen MR) is 39.9 cm³/mol. The molecule has 68 valence electrons. The smallest absolute Gasteiger partial charge is 0.282 e. The summed E-state index contributed by atoms with van der Waals surface area (Å²) in [6.07, 6.45) is 0.00694. The first-order valence-corrected chi connectivity index (χ1v) is 3.38. The highest BCUT2D eigenvalue weighted by Gasteiger charge is 2.33. The molecular formula is C7H16O4. The minimum absolute atomic E-state index is 0.00694. The second-order valence-electron chi connectivity index (χ2n) is 3.11. The maximum Gasteiger partial charge on any atom is 0.282 e. The highest BCUT2D eigenvalue weighted by atomic mass is 16.8. The van der Waals surface area contributed by atoms with Gasteiger partial charge in [-0.05, 0) is 13.8 Å². The Morgan fingerprint density at radius 1 is 1.09 bits per heavy atom. The second kappa shape index (κ2) is 3.49. The monoisotopic (exact) mass is 164 g/mol. The molecule has 0 saturated carbocycles. The number of aliphatic hydroxyl groups is 2. The fourth-order valence-electron chi connectivity index (χ4n) is 0.774. The summed E-state index contributed by atoms with van der Waals surface area (Å²) in [7, 11) is 2.63. The van der Waals surface area contributed by atoms with Gasteiger partial charge in [0.05, 0.1) is 12.0 Å². The molecule has 0 atom stereocenters. The molecule has 4 nitrogen and oxygen atoms in total. The van der Waals surface area contributed by atoms with Crippen molar-refractivity contribution in [1.82, 2.24) is 0 Å². The van der Waals surface area contributed by atoms with E-state index >= 15 is 0 Å². The van der Waals surface area contributed by atoms with Crippen LogP contribution in [0.4, 0.5) is 0 Å². The van der Waals surface area contributed by atoms with Crippen LogP contribution in [0.5, 0.6) is 0 Å². The normalized spacial score (nSPS) is 13.6. The Morgan fingerprint density at radius 3 is 1.55 bits per heavy atom. The van der Waals surface area contributed by atoms with Gasteiger partial charge in [0.15, 0.2) is 0 Å². The molecule has 0 aliphatic carbocycles. The van der Waals surface area contributed by atoms with Crippen LogP contribution < -0.4 is 0 Å². The van der Waals surface area contributed by atoms with Crippen LogP contribution in [0.2, 0.25) is 0 Å². The largest absolute Gasteiger partial charge is 0.390 e. The summed E-state index contributed by atoms with van der Waals surface area (Å²) in [5, 5.41) is 18.7. The second-order valence-corrected chi connectivity index (χ2v) is 3.11. The van der Waals surface area contributed by atoms with Crippen LogP contribution in [-0.4, -0.2) is 36.0 Å². The Hall–Kier alpha value is -0.160. The zero-order chi connectivity index (χ0) is 9.12. The number of hydrogen-bond donors (Lipinski definition) is 2. The van der Waals surface area contributed by atoms with Crippen LogP contribution >= 0.6 is 0 Å². The first-order chi connectivity index (χ1) is 4.83. The van der Waals surface area contributed by atoms with Crippen molar-refractivity contribution in [1.29, 1.82) is 0 Å². The zero-order valence-electron chi connectivity index (χ0n) is 7.42. The van der Waals surface area contributed by atoms with Gasteiger partial charge in [0.2, 0.25) is 0 Å². The molecule has 0 bridgehead atoms. The van der Waals surface area contributed by atoms with Gasteiger partial charge in [-0.2, -0.15) is 0 Å². The summed E-state index contributed by atoms with van der Waals surface area (Å²) >= 11 is 0. The first kappa shape index (κ1) is 10.8. The highest BCUT2D eigenvalue weighted by Crippen LogP contribution is 2.21. The number of ether oxygens (including phenoxy) is 2. The van der Waals surface area contributed by atoms with Crippen LogP contribution in [0.15, 0.2) is 0 Å². The van der Waals surface area contributed by atoms with Crippen molar-refractivity contribution in [2.45, 2.75) is 31.8 Å². The lowest BCUT2D eigenvalue weighted by Crippen LogP contribution is -2.41. The number of rotatable bonds is 4. The Morgan fingerprint density at radius 2 is 1.45 bits per heavy atom. The van der Waals surface area contributed by atoms with Gasteiger partial charge in [0.25, 0.3) is 5.97 Å². The predicted octanol–water partition coefficient (Wildman–Crippen LogP) is 0.0863. The molecule has 0 fully saturated rings. The lowest BCUT2D eigenvalue weighted by Gasteiger charge is -2.29. The van der Waals surface area contributed by atoms with E-state index < -0.39 is 11.6 Å². The molecule has 0 aliphatic heterocycles. The van der Waals surface area contributed by atoms with E-state index in [0.717, 1.165) is 0 Å². The molecule has 2 N–H and O–H groups in total. The Balaban J connectivity index is 4.08.